The van der Waals surface area contributed by atoms with Gasteiger partial charge < -0.3 is 30.0 Å². The zero-order chi connectivity index (χ0) is 36.6. The summed E-state index contributed by atoms with van der Waals surface area (Å²) in [5.41, 5.74) is 0. The van der Waals surface area contributed by atoms with Gasteiger partial charge in [-0.15, -0.1) is 0 Å². The number of aliphatic hydroxyl groups is 2. The third-order valence-corrected chi connectivity index (χ3v) is 8.36. The van der Waals surface area contributed by atoms with Crippen molar-refractivity contribution in [3.63, 3.8) is 0 Å². The number of hydrogen-bond donors (Lipinski definition) is 2. The van der Waals surface area contributed by atoms with Crippen molar-refractivity contribution < 1.29 is 56.2 Å². The molecule has 0 unspecified atom stereocenters. The second kappa shape index (κ2) is 59.4. The Morgan fingerprint density at radius 1 is 0.388 bits per heavy atom. The number of carboxylic acids is 2. The van der Waals surface area contributed by atoms with Gasteiger partial charge in [0.1, 0.15) is 0 Å². The van der Waals surface area contributed by atoms with Crippen LogP contribution in [0.1, 0.15) is 219 Å². The van der Waals surface area contributed by atoms with E-state index in [1.807, 2.05) is 0 Å². The maximum absolute atomic E-state index is 9.14. The first kappa shape index (κ1) is 57.6. The van der Waals surface area contributed by atoms with E-state index in [4.69, 9.17) is 30.0 Å². The Bertz CT molecular complexity index is 530. The molecule has 0 aliphatic rings. The largest absolute Gasteiger partial charge is 2.00 e. The van der Waals surface area contributed by atoms with Gasteiger partial charge in [0.05, 0.1) is 11.9 Å². The van der Waals surface area contributed by atoms with E-state index in [9.17, 15) is 0 Å². The predicted molar refractivity (Wildman–Crippen MR) is 204 cm³/mol. The van der Waals surface area contributed by atoms with Crippen LogP contribution >= 0.6 is 0 Å². The Hall–Kier alpha value is -0.777. The van der Waals surface area contributed by atoms with Crippen molar-refractivity contribution in [2.24, 2.45) is 0 Å². The van der Waals surface area contributed by atoms with E-state index in [1.165, 1.54) is 193 Å². The van der Waals surface area contributed by atoms with Crippen LogP contribution in [0.2, 0.25) is 0 Å². The quantitative estimate of drug-likeness (QED) is 0.0496. The third kappa shape index (κ3) is 77.8. The summed E-state index contributed by atoms with van der Waals surface area (Å²) in [5, 5.41) is 35.6. The second-order valence-corrected chi connectivity index (χ2v) is 13.1. The number of rotatable bonds is 34. The van der Waals surface area contributed by atoms with Crippen molar-refractivity contribution in [3.8, 4) is 0 Å². The first-order valence-electron chi connectivity index (χ1n) is 20.3. The van der Waals surface area contributed by atoms with E-state index in [1.54, 1.807) is 0 Å². The molecule has 0 heterocycles. The number of carbonyl (C=O) groups excluding carboxylic acids is 2. The average Bonchev–Trinajstić information content (AvgIpc) is 3.09. The summed E-state index contributed by atoms with van der Waals surface area (Å²) in [6.45, 7) is 11.1. The van der Waals surface area contributed by atoms with E-state index in [0.717, 1.165) is 25.0 Å². The van der Waals surface area contributed by atoms with E-state index < -0.39 is 11.9 Å². The molecule has 0 aromatic rings. The van der Waals surface area contributed by atoms with E-state index in [-0.39, 0.29) is 26.2 Å². The van der Waals surface area contributed by atoms with Crippen LogP contribution in [0, 0.1) is 0 Å². The Balaban J connectivity index is -0.000000203. The second-order valence-electron chi connectivity index (χ2n) is 13.1. The third-order valence-electron chi connectivity index (χ3n) is 8.36. The fourth-order valence-corrected chi connectivity index (χ4v) is 5.32. The molecule has 0 saturated carbocycles. The SMILES string of the molecule is C=CC(=O)[O-].C=CC(=O)[O-].CCCCCCCCCCCCCCCCCCO.CCCCCCCCCCCCCCCCCCO.[Zr+2]. The van der Waals surface area contributed by atoms with Crippen molar-refractivity contribution in [2.45, 2.75) is 219 Å². The van der Waals surface area contributed by atoms with Crippen molar-refractivity contribution >= 4 is 11.9 Å². The van der Waals surface area contributed by atoms with E-state index in [2.05, 4.69) is 27.0 Å². The molecule has 0 aliphatic carbocycles. The molecule has 2 N–H and O–H groups in total. The molecule has 49 heavy (non-hydrogen) atoms. The molecule has 0 rings (SSSR count). The molecule has 0 aromatic heterocycles. The Labute approximate surface area is 324 Å². The molecule has 0 bridgehead atoms. The summed E-state index contributed by atoms with van der Waals surface area (Å²) < 4.78 is 0. The molecule has 290 valence electrons. The van der Waals surface area contributed by atoms with Crippen LogP contribution in [0.3, 0.4) is 0 Å². The monoisotopic (exact) mass is 773 g/mol. The molecular formula is C42H82O6Zr. The van der Waals surface area contributed by atoms with Crippen LogP contribution in [0.4, 0.5) is 0 Å². The Morgan fingerprint density at radius 2 is 0.510 bits per heavy atom. The smallest absolute Gasteiger partial charge is 0.545 e. The van der Waals surface area contributed by atoms with Crippen LogP contribution in [-0.2, 0) is 35.8 Å². The standard InChI is InChI=1S/2C18H38O.2C3H4O2.Zr/c2*1-2-3-4-5-6-7-8-9-10-11-12-13-14-15-16-17-18-19;2*1-2-3(4)5;/h2*19H,2-18H2,1H3;2*2H,1H2,(H,4,5);/q;;;;+2/p-2. The van der Waals surface area contributed by atoms with E-state index in [0.29, 0.717) is 13.2 Å². The zero-order valence-electron chi connectivity index (χ0n) is 32.6. The van der Waals surface area contributed by atoms with E-state index >= 15 is 0 Å². The molecule has 7 heteroatoms. The normalized spacial score (nSPS) is 9.88. The van der Waals surface area contributed by atoms with Crippen molar-refractivity contribution in [2.75, 3.05) is 13.2 Å². The van der Waals surface area contributed by atoms with Gasteiger partial charge in [-0.25, -0.2) is 0 Å². The predicted octanol–water partition coefficient (Wildman–Crippen LogP) is 10.3. The van der Waals surface area contributed by atoms with Gasteiger partial charge in [0, 0.05) is 13.2 Å². The van der Waals surface area contributed by atoms with Gasteiger partial charge in [0.2, 0.25) is 0 Å². The molecule has 6 nitrogen and oxygen atoms in total. The van der Waals surface area contributed by atoms with Gasteiger partial charge in [0.25, 0.3) is 0 Å². The summed E-state index contributed by atoms with van der Waals surface area (Å²) in [5.74, 6) is -2.46. The van der Waals surface area contributed by atoms with Crippen LogP contribution in [0.15, 0.2) is 25.3 Å². The summed E-state index contributed by atoms with van der Waals surface area (Å²) in [7, 11) is 0. The topological polar surface area (TPSA) is 121 Å². The summed E-state index contributed by atoms with van der Waals surface area (Å²) in [6, 6.07) is 0. The molecule has 0 amide bonds. The van der Waals surface area contributed by atoms with Crippen LogP contribution < -0.4 is 10.2 Å². The fraction of sp³-hybridized carbons (Fsp3) is 0.857. The van der Waals surface area contributed by atoms with Gasteiger partial charge in [-0.2, -0.15) is 0 Å². The minimum Gasteiger partial charge on any atom is -0.545 e. The maximum atomic E-state index is 9.14. The minimum absolute atomic E-state index is 0. The van der Waals surface area contributed by atoms with Crippen LogP contribution in [-0.4, -0.2) is 35.4 Å². The molecule has 0 radical (unpaired) electrons. The molecule has 0 spiro atoms. The zero-order valence-corrected chi connectivity index (χ0v) is 35.1. The van der Waals surface area contributed by atoms with Crippen LogP contribution in [0.5, 0.6) is 0 Å². The number of hydrogen-bond acceptors (Lipinski definition) is 6. The molecule has 0 fully saturated rings. The first-order valence-corrected chi connectivity index (χ1v) is 20.3. The van der Waals surface area contributed by atoms with Crippen molar-refractivity contribution in [3.05, 3.63) is 25.3 Å². The molecule has 0 aliphatic heterocycles. The summed E-state index contributed by atoms with van der Waals surface area (Å²) >= 11 is 0. The van der Waals surface area contributed by atoms with Gasteiger partial charge in [-0.05, 0) is 25.0 Å². The number of aliphatic hydroxyl groups excluding tert-OH is 2. The molecule has 0 atom stereocenters. The minimum atomic E-state index is -1.23. The van der Waals surface area contributed by atoms with Crippen molar-refractivity contribution in [1.82, 2.24) is 0 Å². The van der Waals surface area contributed by atoms with Crippen molar-refractivity contribution in [1.29, 1.82) is 0 Å². The van der Waals surface area contributed by atoms with Gasteiger partial charge in [-0.1, -0.05) is 220 Å². The van der Waals surface area contributed by atoms with Gasteiger partial charge in [0.15, 0.2) is 0 Å². The average molecular weight is 774 g/mol. The van der Waals surface area contributed by atoms with Gasteiger partial charge in [-0.3, -0.25) is 0 Å². The number of unbranched alkanes of at least 4 members (excludes halogenated alkanes) is 30. The number of carboxylic acid groups (broad SMARTS) is 2. The Kier molecular flexibility index (Phi) is 69.7. The van der Waals surface area contributed by atoms with Gasteiger partial charge >= 0.3 is 26.2 Å². The Morgan fingerprint density at radius 3 is 0.612 bits per heavy atom. The molecule has 0 saturated heterocycles. The van der Waals surface area contributed by atoms with Crippen LogP contribution in [0.25, 0.3) is 0 Å². The molecular weight excluding hydrogens is 692 g/mol. The fourth-order valence-electron chi connectivity index (χ4n) is 5.32. The summed E-state index contributed by atoms with van der Waals surface area (Å²) in [6.07, 6.45) is 45.8. The first-order chi connectivity index (χ1) is 23.4. The maximum Gasteiger partial charge on any atom is 2.00 e. The number of aliphatic carboxylic acids is 2. The number of carbonyl (C=O) groups is 2. The summed E-state index contributed by atoms with van der Waals surface area (Å²) in [4.78, 5) is 18.3. The molecule has 0 aromatic carbocycles.